The second-order valence-corrected chi connectivity index (χ2v) is 3.56. The fraction of sp³-hybridized carbons (Fsp3) is 0.300. The molecule has 1 aromatic rings. The Kier molecular flexibility index (Phi) is 2.04. The summed E-state index contributed by atoms with van der Waals surface area (Å²) in [4.78, 5) is 11.0. The second-order valence-electron chi connectivity index (χ2n) is 3.56. The van der Waals surface area contributed by atoms with Gasteiger partial charge in [-0.05, 0) is 11.6 Å². The Bertz CT molecular complexity index is 376. The highest BCUT2D eigenvalue weighted by Gasteiger charge is 2.24. The van der Waals surface area contributed by atoms with Crippen LogP contribution in [-0.2, 0) is 4.79 Å². The van der Waals surface area contributed by atoms with Gasteiger partial charge in [-0.3, -0.25) is 4.79 Å². The van der Waals surface area contributed by atoms with Gasteiger partial charge in [0.25, 0.3) is 0 Å². The van der Waals surface area contributed by atoms with E-state index in [1.54, 1.807) is 6.07 Å². The number of carbonyl (C=O) groups excluding carboxylic acids is 1. The van der Waals surface area contributed by atoms with Gasteiger partial charge in [-0.15, -0.1) is 0 Å². The number of anilines is 2. The number of rotatable bonds is 1. The topological polar surface area (TPSA) is 81.1 Å². The molecule has 4 nitrogen and oxygen atoms in total. The van der Waals surface area contributed by atoms with Crippen LogP contribution in [-0.4, -0.2) is 12.5 Å². The molecule has 5 N–H and O–H groups in total. The van der Waals surface area contributed by atoms with Crippen molar-refractivity contribution in [1.82, 2.24) is 5.32 Å². The zero-order valence-electron chi connectivity index (χ0n) is 7.79. The van der Waals surface area contributed by atoms with Crippen LogP contribution in [0, 0.1) is 0 Å². The molecular formula is C10H13N3O. The van der Waals surface area contributed by atoms with Gasteiger partial charge >= 0.3 is 0 Å². The van der Waals surface area contributed by atoms with E-state index in [0.717, 1.165) is 5.56 Å². The van der Waals surface area contributed by atoms with Crippen molar-refractivity contribution in [2.75, 3.05) is 18.0 Å². The fourth-order valence-corrected chi connectivity index (χ4v) is 1.78. The Hall–Kier alpha value is -1.71. The first-order chi connectivity index (χ1) is 6.68. The molecule has 0 aliphatic carbocycles. The van der Waals surface area contributed by atoms with Gasteiger partial charge in [-0.25, -0.2) is 0 Å². The van der Waals surface area contributed by atoms with Crippen molar-refractivity contribution in [2.45, 2.75) is 12.3 Å². The zero-order valence-corrected chi connectivity index (χ0v) is 7.79. The van der Waals surface area contributed by atoms with Gasteiger partial charge in [-0.1, -0.05) is 12.1 Å². The third-order valence-corrected chi connectivity index (χ3v) is 2.59. The lowest BCUT2D eigenvalue weighted by Gasteiger charge is -2.12. The number of hydrogen-bond acceptors (Lipinski definition) is 3. The van der Waals surface area contributed by atoms with E-state index < -0.39 is 0 Å². The molecule has 1 saturated heterocycles. The van der Waals surface area contributed by atoms with E-state index in [4.69, 9.17) is 11.5 Å². The number of hydrogen-bond donors (Lipinski definition) is 3. The molecule has 0 spiro atoms. The molecule has 0 radical (unpaired) electrons. The molecule has 1 amide bonds. The Balaban J connectivity index is 2.32. The number of carbonyl (C=O) groups is 1. The number of nitrogens with two attached hydrogens (primary N) is 2. The molecule has 4 heteroatoms. The molecule has 2 rings (SSSR count). The summed E-state index contributed by atoms with van der Waals surface area (Å²) in [6.07, 6.45) is 0.508. The van der Waals surface area contributed by atoms with Crippen LogP contribution in [0.1, 0.15) is 17.9 Å². The summed E-state index contributed by atoms with van der Waals surface area (Å²) in [7, 11) is 0. The summed E-state index contributed by atoms with van der Waals surface area (Å²) in [5.41, 5.74) is 13.7. The molecule has 0 bridgehead atoms. The highest BCUT2D eigenvalue weighted by atomic mass is 16.1. The second kappa shape index (κ2) is 3.21. The quantitative estimate of drug-likeness (QED) is 0.564. The lowest BCUT2D eigenvalue weighted by atomic mass is 9.96. The van der Waals surface area contributed by atoms with Gasteiger partial charge in [0.2, 0.25) is 5.91 Å². The molecule has 1 aliphatic rings. The van der Waals surface area contributed by atoms with Gasteiger partial charge in [0.1, 0.15) is 0 Å². The Labute approximate surface area is 82.3 Å². The maximum Gasteiger partial charge on any atom is 0.220 e. The molecule has 0 saturated carbocycles. The summed E-state index contributed by atoms with van der Waals surface area (Å²) >= 11 is 0. The number of amides is 1. The molecule has 74 valence electrons. The van der Waals surface area contributed by atoms with E-state index in [9.17, 15) is 4.79 Å². The molecule has 0 aromatic heterocycles. The zero-order chi connectivity index (χ0) is 10.1. The minimum Gasteiger partial charge on any atom is -0.397 e. The average molecular weight is 191 g/mol. The Morgan fingerprint density at radius 1 is 1.36 bits per heavy atom. The van der Waals surface area contributed by atoms with Crippen molar-refractivity contribution in [2.24, 2.45) is 0 Å². The maximum atomic E-state index is 11.0. The smallest absolute Gasteiger partial charge is 0.220 e. The van der Waals surface area contributed by atoms with Crippen LogP contribution in [0.3, 0.4) is 0 Å². The van der Waals surface area contributed by atoms with Gasteiger partial charge in [0.05, 0.1) is 11.4 Å². The Morgan fingerprint density at radius 2 is 2.14 bits per heavy atom. The summed E-state index contributed by atoms with van der Waals surface area (Å²) < 4.78 is 0. The highest BCUT2D eigenvalue weighted by molar-refractivity contribution is 5.80. The minimum absolute atomic E-state index is 0.0804. The summed E-state index contributed by atoms with van der Waals surface area (Å²) in [5.74, 6) is 0.253. The minimum atomic E-state index is 0.0804. The SMILES string of the molecule is Nc1cccc(C2CNC(=O)C2)c1N. The van der Waals surface area contributed by atoms with Crippen LogP contribution >= 0.6 is 0 Å². The van der Waals surface area contributed by atoms with Gasteiger partial charge in [0, 0.05) is 18.9 Å². The monoisotopic (exact) mass is 191 g/mol. The number of nitrogens with one attached hydrogen (secondary N) is 1. The molecule has 1 atom stereocenters. The number of nitrogen functional groups attached to an aromatic ring is 2. The van der Waals surface area contributed by atoms with E-state index in [1.807, 2.05) is 12.1 Å². The van der Waals surface area contributed by atoms with Crippen LogP contribution in [0.4, 0.5) is 11.4 Å². The van der Waals surface area contributed by atoms with E-state index in [1.165, 1.54) is 0 Å². The lowest BCUT2D eigenvalue weighted by molar-refractivity contribution is -0.119. The van der Waals surface area contributed by atoms with Crippen molar-refractivity contribution in [1.29, 1.82) is 0 Å². The molecule has 1 aromatic carbocycles. The molecule has 1 heterocycles. The summed E-state index contributed by atoms with van der Waals surface area (Å²) in [5, 5.41) is 2.78. The lowest BCUT2D eigenvalue weighted by Crippen LogP contribution is -2.14. The molecule has 1 aliphatic heterocycles. The van der Waals surface area contributed by atoms with Crippen LogP contribution in [0.2, 0.25) is 0 Å². The van der Waals surface area contributed by atoms with Crippen LogP contribution < -0.4 is 16.8 Å². The molecule has 1 unspecified atom stereocenters. The fourth-order valence-electron chi connectivity index (χ4n) is 1.78. The highest BCUT2D eigenvalue weighted by Crippen LogP contribution is 2.30. The van der Waals surface area contributed by atoms with Crippen LogP contribution in [0.25, 0.3) is 0 Å². The van der Waals surface area contributed by atoms with Crippen LogP contribution in [0.15, 0.2) is 18.2 Å². The van der Waals surface area contributed by atoms with E-state index in [-0.39, 0.29) is 11.8 Å². The molecular weight excluding hydrogens is 178 g/mol. The first-order valence-corrected chi connectivity index (χ1v) is 4.59. The summed E-state index contributed by atoms with van der Waals surface area (Å²) in [6, 6.07) is 5.56. The van der Waals surface area contributed by atoms with Crippen molar-refractivity contribution in [3.63, 3.8) is 0 Å². The normalized spacial score (nSPS) is 20.9. The standard InChI is InChI=1S/C10H13N3O/c11-8-3-1-2-7(10(8)12)6-4-9(14)13-5-6/h1-3,6H,4-5,11-12H2,(H,13,14). The van der Waals surface area contributed by atoms with E-state index in [0.29, 0.717) is 24.3 Å². The Morgan fingerprint density at radius 3 is 2.79 bits per heavy atom. The summed E-state index contributed by atoms with van der Waals surface area (Å²) in [6.45, 7) is 0.659. The predicted octanol–water partition coefficient (Wildman–Crippen LogP) is 0.454. The number of benzene rings is 1. The third kappa shape index (κ3) is 1.39. The maximum absolute atomic E-state index is 11.0. The van der Waals surface area contributed by atoms with Crippen molar-refractivity contribution < 1.29 is 4.79 Å². The van der Waals surface area contributed by atoms with Crippen molar-refractivity contribution >= 4 is 17.3 Å². The first-order valence-electron chi connectivity index (χ1n) is 4.59. The van der Waals surface area contributed by atoms with Gasteiger partial charge in [0.15, 0.2) is 0 Å². The predicted molar refractivity (Wildman–Crippen MR) is 55.6 cm³/mol. The van der Waals surface area contributed by atoms with Gasteiger partial charge < -0.3 is 16.8 Å². The number of para-hydroxylation sites is 1. The van der Waals surface area contributed by atoms with E-state index in [2.05, 4.69) is 5.32 Å². The van der Waals surface area contributed by atoms with Crippen LogP contribution in [0.5, 0.6) is 0 Å². The molecule has 14 heavy (non-hydrogen) atoms. The van der Waals surface area contributed by atoms with Crippen molar-refractivity contribution in [3.05, 3.63) is 23.8 Å². The largest absolute Gasteiger partial charge is 0.397 e. The van der Waals surface area contributed by atoms with Gasteiger partial charge in [-0.2, -0.15) is 0 Å². The first kappa shape index (κ1) is 8.87. The average Bonchev–Trinajstić information content (AvgIpc) is 2.57. The third-order valence-electron chi connectivity index (χ3n) is 2.59. The molecule has 1 fully saturated rings. The van der Waals surface area contributed by atoms with E-state index >= 15 is 0 Å². The van der Waals surface area contributed by atoms with Crippen molar-refractivity contribution in [3.8, 4) is 0 Å².